The Bertz CT molecular complexity index is 410. The highest BCUT2D eigenvalue weighted by molar-refractivity contribution is 5.91. The van der Waals surface area contributed by atoms with Crippen molar-refractivity contribution in [3.63, 3.8) is 0 Å². The third-order valence-electron chi connectivity index (χ3n) is 3.02. The van der Waals surface area contributed by atoms with E-state index >= 15 is 0 Å². The Labute approximate surface area is 106 Å². The molecule has 7 heteroatoms. The molecule has 1 amide bonds. The maximum Gasteiger partial charge on any atom is 0.287 e. The lowest BCUT2D eigenvalue weighted by Crippen LogP contribution is -2.46. The number of amides is 1. The zero-order valence-corrected chi connectivity index (χ0v) is 10.6. The number of carbonyl (C=O) groups is 1. The summed E-state index contributed by atoms with van der Waals surface area (Å²) in [5.74, 6) is 0.543. The molecule has 0 spiro atoms. The van der Waals surface area contributed by atoms with Crippen molar-refractivity contribution in [3.05, 3.63) is 12.0 Å². The Morgan fingerprint density at radius 2 is 2.28 bits per heavy atom. The van der Waals surface area contributed by atoms with Gasteiger partial charge in [-0.15, -0.1) is 0 Å². The summed E-state index contributed by atoms with van der Waals surface area (Å²) in [6.07, 6.45) is 1.63. The zero-order chi connectivity index (χ0) is 13.0. The van der Waals surface area contributed by atoms with E-state index in [0.29, 0.717) is 18.2 Å². The van der Waals surface area contributed by atoms with E-state index in [0.717, 1.165) is 32.7 Å². The van der Waals surface area contributed by atoms with Crippen molar-refractivity contribution in [2.45, 2.75) is 0 Å². The summed E-state index contributed by atoms with van der Waals surface area (Å²) in [4.78, 5) is 18.1. The van der Waals surface area contributed by atoms with Gasteiger partial charge in [-0.25, -0.2) is 4.98 Å². The van der Waals surface area contributed by atoms with Gasteiger partial charge in [-0.3, -0.25) is 9.69 Å². The first kappa shape index (κ1) is 12.8. The number of piperazine rings is 1. The monoisotopic (exact) mass is 252 g/mol. The lowest BCUT2D eigenvalue weighted by Gasteiger charge is -2.26. The SMILES string of the molecule is Cn1cc(N)nc1C(=O)NCCN1CCNCC1. The largest absolute Gasteiger partial charge is 0.382 e. The van der Waals surface area contributed by atoms with Gasteiger partial charge in [0.2, 0.25) is 5.82 Å². The number of carbonyl (C=O) groups excluding carboxylic acids is 1. The van der Waals surface area contributed by atoms with Crippen LogP contribution >= 0.6 is 0 Å². The molecule has 0 aliphatic carbocycles. The van der Waals surface area contributed by atoms with E-state index in [4.69, 9.17) is 5.73 Å². The van der Waals surface area contributed by atoms with Crippen molar-refractivity contribution in [2.24, 2.45) is 7.05 Å². The van der Waals surface area contributed by atoms with Gasteiger partial charge in [-0.2, -0.15) is 0 Å². The molecule has 0 atom stereocenters. The van der Waals surface area contributed by atoms with E-state index in [1.165, 1.54) is 0 Å². The van der Waals surface area contributed by atoms with Crippen molar-refractivity contribution in [3.8, 4) is 0 Å². The van der Waals surface area contributed by atoms with Crippen LogP contribution in [-0.4, -0.2) is 59.6 Å². The van der Waals surface area contributed by atoms with Crippen LogP contribution in [0.1, 0.15) is 10.6 Å². The number of hydrogen-bond donors (Lipinski definition) is 3. The van der Waals surface area contributed by atoms with Crippen molar-refractivity contribution in [1.82, 2.24) is 25.1 Å². The van der Waals surface area contributed by atoms with Gasteiger partial charge in [-0.05, 0) is 0 Å². The predicted octanol–water partition coefficient (Wildman–Crippen LogP) is -1.36. The van der Waals surface area contributed by atoms with Crippen molar-refractivity contribution in [2.75, 3.05) is 45.0 Å². The van der Waals surface area contributed by atoms with Crippen molar-refractivity contribution < 1.29 is 4.79 Å². The van der Waals surface area contributed by atoms with E-state index < -0.39 is 0 Å². The lowest BCUT2D eigenvalue weighted by molar-refractivity contribution is 0.0934. The average molecular weight is 252 g/mol. The zero-order valence-electron chi connectivity index (χ0n) is 10.6. The van der Waals surface area contributed by atoms with Gasteiger partial charge in [0.1, 0.15) is 5.82 Å². The Morgan fingerprint density at radius 3 is 2.89 bits per heavy atom. The summed E-state index contributed by atoms with van der Waals surface area (Å²) in [7, 11) is 1.76. The maximum atomic E-state index is 11.8. The number of rotatable bonds is 4. The number of nitrogens with two attached hydrogens (primary N) is 1. The Balaban J connectivity index is 1.76. The third-order valence-corrected chi connectivity index (χ3v) is 3.02. The van der Waals surface area contributed by atoms with Crippen LogP contribution in [0, 0.1) is 0 Å². The van der Waals surface area contributed by atoms with Crippen LogP contribution in [0.15, 0.2) is 6.20 Å². The van der Waals surface area contributed by atoms with Crippen LogP contribution in [0.2, 0.25) is 0 Å². The smallest absolute Gasteiger partial charge is 0.287 e. The molecule has 0 radical (unpaired) electrons. The van der Waals surface area contributed by atoms with Crippen LogP contribution in [0.3, 0.4) is 0 Å². The molecule has 0 saturated carbocycles. The van der Waals surface area contributed by atoms with Crippen LogP contribution in [-0.2, 0) is 7.05 Å². The van der Waals surface area contributed by atoms with E-state index in [1.54, 1.807) is 17.8 Å². The molecule has 1 aromatic rings. The quantitative estimate of drug-likeness (QED) is 0.616. The van der Waals surface area contributed by atoms with Gasteiger partial charge < -0.3 is 20.9 Å². The number of imidazole rings is 1. The molecule has 1 aliphatic heterocycles. The minimum atomic E-state index is -0.177. The highest BCUT2D eigenvalue weighted by Gasteiger charge is 2.13. The molecule has 100 valence electrons. The topological polar surface area (TPSA) is 88.2 Å². The van der Waals surface area contributed by atoms with Crippen molar-refractivity contribution in [1.29, 1.82) is 0 Å². The van der Waals surface area contributed by atoms with Gasteiger partial charge >= 0.3 is 0 Å². The first-order valence-corrected chi connectivity index (χ1v) is 6.17. The molecular formula is C11H20N6O. The second-order valence-corrected chi connectivity index (χ2v) is 4.45. The summed E-state index contributed by atoms with van der Waals surface area (Å²) >= 11 is 0. The van der Waals surface area contributed by atoms with Gasteiger partial charge in [0, 0.05) is 52.5 Å². The summed E-state index contributed by atoms with van der Waals surface area (Å²) in [5, 5.41) is 6.15. The van der Waals surface area contributed by atoms with Crippen LogP contribution in [0.4, 0.5) is 5.82 Å². The fourth-order valence-corrected chi connectivity index (χ4v) is 2.04. The minimum absolute atomic E-state index is 0.177. The third kappa shape index (κ3) is 3.21. The molecule has 2 rings (SSSR count). The second-order valence-electron chi connectivity index (χ2n) is 4.45. The average Bonchev–Trinajstić information content (AvgIpc) is 2.70. The Morgan fingerprint density at radius 1 is 1.56 bits per heavy atom. The summed E-state index contributed by atoms with van der Waals surface area (Å²) in [5.41, 5.74) is 5.54. The highest BCUT2D eigenvalue weighted by Crippen LogP contribution is 2.01. The number of nitrogens with one attached hydrogen (secondary N) is 2. The molecule has 0 bridgehead atoms. The Hall–Kier alpha value is -1.60. The molecule has 0 aromatic carbocycles. The fourth-order valence-electron chi connectivity index (χ4n) is 2.04. The van der Waals surface area contributed by atoms with Crippen LogP contribution in [0.25, 0.3) is 0 Å². The summed E-state index contributed by atoms with van der Waals surface area (Å²) < 4.78 is 1.63. The molecule has 1 fully saturated rings. The number of hydrogen-bond acceptors (Lipinski definition) is 5. The van der Waals surface area contributed by atoms with Crippen LogP contribution < -0.4 is 16.4 Å². The maximum absolute atomic E-state index is 11.8. The van der Waals surface area contributed by atoms with Crippen molar-refractivity contribution >= 4 is 11.7 Å². The number of anilines is 1. The molecule has 7 nitrogen and oxygen atoms in total. The summed E-state index contributed by atoms with van der Waals surface area (Å²) in [6, 6.07) is 0. The molecule has 4 N–H and O–H groups in total. The molecule has 2 heterocycles. The number of nitrogen functional groups attached to an aromatic ring is 1. The molecule has 0 unspecified atom stereocenters. The number of aryl methyl sites for hydroxylation is 1. The lowest BCUT2D eigenvalue weighted by atomic mass is 10.3. The van der Waals surface area contributed by atoms with E-state index in [1.807, 2.05) is 0 Å². The first-order chi connectivity index (χ1) is 8.66. The standard InChI is InChI=1S/C11H20N6O/c1-16-8-9(12)15-10(16)11(18)14-4-7-17-5-2-13-3-6-17/h8,13H,2-7,12H2,1H3,(H,14,18). The van der Waals surface area contributed by atoms with E-state index in [9.17, 15) is 4.79 Å². The summed E-state index contributed by atoms with van der Waals surface area (Å²) in [6.45, 7) is 5.60. The van der Waals surface area contributed by atoms with Gasteiger partial charge in [0.25, 0.3) is 5.91 Å². The molecule has 1 aromatic heterocycles. The predicted molar refractivity (Wildman–Crippen MR) is 69.3 cm³/mol. The van der Waals surface area contributed by atoms with Crippen LogP contribution in [0.5, 0.6) is 0 Å². The van der Waals surface area contributed by atoms with Gasteiger partial charge in [0.05, 0.1) is 0 Å². The minimum Gasteiger partial charge on any atom is -0.382 e. The molecular weight excluding hydrogens is 232 g/mol. The molecule has 1 aliphatic rings. The number of aromatic nitrogens is 2. The van der Waals surface area contributed by atoms with E-state index in [-0.39, 0.29) is 5.91 Å². The van der Waals surface area contributed by atoms with E-state index in [2.05, 4.69) is 20.5 Å². The number of nitrogens with zero attached hydrogens (tertiary/aromatic N) is 3. The normalized spacial score (nSPS) is 16.7. The van der Waals surface area contributed by atoms with Gasteiger partial charge in [-0.1, -0.05) is 0 Å². The molecule has 18 heavy (non-hydrogen) atoms. The molecule has 1 saturated heterocycles. The fraction of sp³-hybridized carbons (Fsp3) is 0.636. The highest BCUT2D eigenvalue weighted by atomic mass is 16.2. The second kappa shape index (κ2) is 5.83. The first-order valence-electron chi connectivity index (χ1n) is 6.17. The Kier molecular flexibility index (Phi) is 4.16. The van der Waals surface area contributed by atoms with Gasteiger partial charge in [0.15, 0.2) is 0 Å².